The molecule has 0 radical (unpaired) electrons. The van der Waals surface area contributed by atoms with Crippen LogP contribution in [0.15, 0.2) is 52.9 Å². The van der Waals surface area contributed by atoms with Gasteiger partial charge in [-0.1, -0.05) is 48.2 Å². The van der Waals surface area contributed by atoms with Gasteiger partial charge >= 0.3 is 0 Å². The van der Waals surface area contributed by atoms with Crippen molar-refractivity contribution in [3.05, 3.63) is 69.3 Å². The van der Waals surface area contributed by atoms with Crippen LogP contribution in [-0.2, 0) is 11.3 Å². The average molecular weight is 400 g/mol. The number of thioether (sulfide) groups is 1. The molecule has 3 rings (SSSR count). The number of hydrogen-bond donors (Lipinski definition) is 1. The molecule has 0 fully saturated rings. The molecule has 27 heavy (non-hydrogen) atoms. The summed E-state index contributed by atoms with van der Waals surface area (Å²) >= 11 is 2.80. The first kappa shape index (κ1) is 19.4. The van der Waals surface area contributed by atoms with Crippen molar-refractivity contribution in [1.82, 2.24) is 14.9 Å². The molecule has 0 bridgehead atoms. The quantitative estimate of drug-likeness (QED) is 0.375. The van der Waals surface area contributed by atoms with Gasteiger partial charge in [-0.15, -0.1) is 17.9 Å². The van der Waals surface area contributed by atoms with E-state index >= 15 is 0 Å². The summed E-state index contributed by atoms with van der Waals surface area (Å²) in [5.41, 5.74) is 1.94. The maximum atomic E-state index is 13.2. The van der Waals surface area contributed by atoms with Crippen LogP contribution >= 0.6 is 23.1 Å². The number of nitrogens with one attached hydrogen (secondary N) is 1. The summed E-state index contributed by atoms with van der Waals surface area (Å²) in [6.07, 6.45) is 1.63. The van der Waals surface area contributed by atoms with E-state index in [1.165, 1.54) is 23.1 Å². The molecule has 0 atom stereocenters. The molecule has 0 spiro atoms. The van der Waals surface area contributed by atoms with Gasteiger partial charge in [0.2, 0.25) is 5.91 Å². The zero-order valence-electron chi connectivity index (χ0n) is 15.3. The molecular weight excluding hydrogens is 378 g/mol. The number of hydrogen-bond acceptors (Lipinski definition) is 5. The van der Waals surface area contributed by atoms with Crippen molar-refractivity contribution >= 4 is 39.2 Å². The van der Waals surface area contributed by atoms with Gasteiger partial charge in [-0.3, -0.25) is 14.2 Å². The highest BCUT2D eigenvalue weighted by Crippen LogP contribution is 2.28. The maximum absolute atomic E-state index is 13.2. The minimum atomic E-state index is -0.112. The van der Waals surface area contributed by atoms with E-state index in [1.54, 1.807) is 10.6 Å². The number of benzene rings is 1. The molecule has 0 saturated carbocycles. The lowest BCUT2D eigenvalue weighted by Gasteiger charge is -2.12. The second-order valence-corrected chi connectivity index (χ2v) is 8.26. The number of carbonyl (C=O) groups excluding carboxylic acids is 1. The molecule has 1 N–H and O–H groups in total. The van der Waals surface area contributed by atoms with E-state index in [4.69, 9.17) is 4.98 Å². The molecule has 3 aromatic rings. The lowest BCUT2D eigenvalue weighted by molar-refractivity contribution is -0.118. The van der Waals surface area contributed by atoms with Crippen molar-refractivity contribution in [1.29, 1.82) is 0 Å². The van der Waals surface area contributed by atoms with Crippen LogP contribution in [0, 0.1) is 13.8 Å². The Morgan fingerprint density at radius 1 is 1.33 bits per heavy atom. The Labute approximate surface area is 166 Å². The lowest BCUT2D eigenvalue weighted by Crippen LogP contribution is -2.27. The zero-order chi connectivity index (χ0) is 19.4. The van der Waals surface area contributed by atoms with Crippen LogP contribution < -0.4 is 10.9 Å². The molecule has 0 unspecified atom stereocenters. The Bertz CT molecular complexity index is 1040. The second kappa shape index (κ2) is 8.54. The standard InChI is InChI=1S/C20H21N3O2S2/c1-4-10-21-16(24)12-26-20-22-18-17(13(2)14(3)27-18)19(25)23(20)11-15-8-6-5-7-9-15/h4-9H,1,10-12H2,2-3H3,(H,21,24). The van der Waals surface area contributed by atoms with Crippen molar-refractivity contribution in [2.45, 2.75) is 25.5 Å². The third-order valence-electron chi connectivity index (χ3n) is 4.21. The van der Waals surface area contributed by atoms with E-state index in [0.717, 1.165) is 20.8 Å². The lowest BCUT2D eigenvalue weighted by atomic mass is 10.2. The van der Waals surface area contributed by atoms with Crippen LogP contribution in [0.1, 0.15) is 16.0 Å². The summed E-state index contributed by atoms with van der Waals surface area (Å²) < 4.78 is 1.67. The number of fused-ring (bicyclic) bond motifs is 1. The zero-order valence-corrected chi connectivity index (χ0v) is 17.0. The highest BCUT2D eigenvalue weighted by molar-refractivity contribution is 7.99. The predicted molar refractivity (Wildman–Crippen MR) is 113 cm³/mol. The molecule has 0 saturated heterocycles. The van der Waals surface area contributed by atoms with E-state index in [-0.39, 0.29) is 17.2 Å². The minimum absolute atomic E-state index is 0.0558. The van der Waals surface area contributed by atoms with E-state index in [9.17, 15) is 9.59 Å². The SMILES string of the molecule is C=CCNC(=O)CSc1nc2sc(C)c(C)c2c(=O)n1Cc1ccccc1. The summed E-state index contributed by atoms with van der Waals surface area (Å²) in [6.45, 7) is 8.39. The van der Waals surface area contributed by atoms with Gasteiger partial charge in [0.05, 0.1) is 17.7 Å². The first-order valence-electron chi connectivity index (χ1n) is 8.56. The number of aryl methyl sites for hydroxylation is 2. The van der Waals surface area contributed by atoms with Crippen LogP contribution in [0.4, 0.5) is 0 Å². The summed E-state index contributed by atoms with van der Waals surface area (Å²) in [7, 11) is 0. The highest BCUT2D eigenvalue weighted by atomic mass is 32.2. The highest BCUT2D eigenvalue weighted by Gasteiger charge is 2.17. The van der Waals surface area contributed by atoms with Crippen molar-refractivity contribution in [2.75, 3.05) is 12.3 Å². The molecule has 2 heterocycles. The maximum Gasteiger partial charge on any atom is 0.263 e. The number of thiophene rings is 1. The normalized spacial score (nSPS) is 10.9. The topological polar surface area (TPSA) is 64.0 Å². The Morgan fingerprint density at radius 3 is 2.78 bits per heavy atom. The summed E-state index contributed by atoms with van der Waals surface area (Å²) in [4.78, 5) is 31.7. The van der Waals surface area contributed by atoms with Crippen LogP contribution in [0.3, 0.4) is 0 Å². The monoisotopic (exact) mass is 399 g/mol. The van der Waals surface area contributed by atoms with Crippen LogP contribution in [0.2, 0.25) is 0 Å². The van der Waals surface area contributed by atoms with Gasteiger partial charge in [-0.2, -0.15) is 0 Å². The summed E-state index contributed by atoms with van der Waals surface area (Å²) in [5.74, 6) is 0.0863. The largest absolute Gasteiger partial charge is 0.352 e. The Morgan fingerprint density at radius 2 is 2.07 bits per heavy atom. The van der Waals surface area contributed by atoms with Gasteiger partial charge in [-0.25, -0.2) is 4.98 Å². The third-order valence-corrected chi connectivity index (χ3v) is 6.29. The van der Waals surface area contributed by atoms with Gasteiger partial charge in [0.25, 0.3) is 5.56 Å². The fraction of sp³-hybridized carbons (Fsp3) is 0.250. The van der Waals surface area contributed by atoms with Crippen molar-refractivity contribution in [2.24, 2.45) is 0 Å². The molecule has 0 aliphatic rings. The minimum Gasteiger partial charge on any atom is -0.352 e. The first-order valence-corrected chi connectivity index (χ1v) is 10.4. The molecule has 0 aliphatic heterocycles. The van der Waals surface area contributed by atoms with Crippen LogP contribution in [0.25, 0.3) is 10.2 Å². The number of rotatable bonds is 7. The van der Waals surface area contributed by atoms with Crippen molar-refractivity contribution < 1.29 is 4.79 Å². The number of nitrogens with zero attached hydrogens (tertiary/aromatic N) is 2. The van der Waals surface area contributed by atoms with Gasteiger partial charge in [0, 0.05) is 11.4 Å². The first-order chi connectivity index (χ1) is 13.0. The summed E-state index contributed by atoms with van der Waals surface area (Å²) in [5, 5.41) is 3.98. The van der Waals surface area contributed by atoms with Crippen LogP contribution in [0.5, 0.6) is 0 Å². The molecule has 1 aromatic carbocycles. The van der Waals surface area contributed by atoms with Gasteiger partial charge in [0.1, 0.15) is 4.83 Å². The fourth-order valence-electron chi connectivity index (χ4n) is 2.69. The van der Waals surface area contributed by atoms with Crippen molar-refractivity contribution in [3.63, 3.8) is 0 Å². The molecule has 5 nitrogen and oxygen atoms in total. The van der Waals surface area contributed by atoms with E-state index < -0.39 is 0 Å². The van der Waals surface area contributed by atoms with Crippen LogP contribution in [-0.4, -0.2) is 27.8 Å². The van der Waals surface area contributed by atoms with Gasteiger partial charge in [-0.05, 0) is 25.0 Å². The van der Waals surface area contributed by atoms with Gasteiger partial charge < -0.3 is 5.32 Å². The average Bonchev–Trinajstić information content (AvgIpc) is 2.95. The predicted octanol–water partition coefficient (Wildman–Crippen LogP) is 3.52. The fourth-order valence-corrected chi connectivity index (χ4v) is 4.59. The van der Waals surface area contributed by atoms with E-state index in [2.05, 4.69) is 11.9 Å². The second-order valence-electron chi connectivity index (χ2n) is 6.12. The third kappa shape index (κ3) is 4.31. The number of aromatic nitrogens is 2. The van der Waals surface area contributed by atoms with Gasteiger partial charge in [0.15, 0.2) is 5.16 Å². The number of amides is 1. The Kier molecular flexibility index (Phi) is 6.13. The Hall–Kier alpha value is -2.38. The molecule has 7 heteroatoms. The van der Waals surface area contributed by atoms with E-state index in [0.29, 0.717) is 23.6 Å². The molecule has 0 aliphatic carbocycles. The molecule has 2 aromatic heterocycles. The Balaban J connectivity index is 2.01. The van der Waals surface area contributed by atoms with E-state index in [1.807, 2.05) is 44.2 Å². The number of carbonyl (C=O) groups is 1. The van der Waals surface area contributed by atoms with Crippen molar-refractivity contribution in [3.8, 4) is 0 Å². The molecule has 1 amide bonds. The summed E-state index contributed by atoms with van der Waals surface area (Å²) in [6, 6.07) is 9.80. The molecular formula is C20H21N3O2S2. The molecule has 140 valence electrons. The smallest absolute Gasteiger partial charge is 0.263 e.